The third-order valence-electron chi connectivity index (χ3n) is 2.26. The van der Waals surface area contributed by atoms with E-state index in [9.17, 15) is 9.18 Å². The Morgan fingerprint density at radius 2 is 2.38 bits per heavy atom. The van der Waals surface area contributed by atoms with Crippen LogP contribution in [-0.4, -0.2) is 17.6 Å². The molecule has 0 heterocycles. The van der Waals surface area contributed by atoms with Crippen molar-refractivity contribution in [3.8, 4) is 0 Å². The van der Waals surface area contributed by atoms with Crippen LogP contribution in [0.3, 0.4) is 0 Å². The zero-order chi connectivity index (χ0) is 12.1. The summed E-state index contributed by atoms with van der Waals surface area (Å²) in [5, 5.41) is 11.9. The van der Waals surface area contributed by atoms with Gasteiger partial charge in [-0.05, 0) is 30.2 Å². The van der Waals surface area contributed by atoms with Gasteiger partial charge in [-0.3, -0.25) is 10.1 Å². The molecule has 0 amide bonds. The van der Waals surface area contributed by atoms with Gasteiger partial charge in [0.05, 0.1) is 0 Å². The fourth-order valence-corrected chi connectivity index (χ4v) is 1.49. The molecule has 0 radical (unpaired) electrons. The summed E-state index contributed by atoms with van der Waals surface area (Å²) >= 11 is 0. The molecule has 1 atom stereocenters. The van der Waals surface area contributed by atoms with Gasteiger partial charge in [-0.25, -0.2) is 4.39 Å². The summed E-state index contributed by atoms with van der Waals surface area (Å²) in [7, 11) is 0. The molecule has 0 aliphatic rings. The van der Waals surface area contributed by atoms with Gasteiger partial charge < -0.3 is 5.11 Å². The van der Waals surface area contributed by atoms with Gasteiger partial charge in [0, 0.05) is 6.54 Å². The maximum atomic E-state index is 12.9. The van der Waals surface area contributed by atoms with Crippen LogP contribution >= 0.6 is 0 Å². The van der Waals surface area contributed by atoms with Gasteiger partial charge in [0.1, 0.15) is 11.9 Å². The second kappa shape index (κ2) is 5.42. The number of hydrogen-bond acceptors (Lipinski definition) is 2. The smallest absolute Gasteiger partial charge is 0.325 e. The van der Waals surface area contributed by atoms with Crippen LogP contribution in [0, 0.1) is 12.7 Å². The molecule has 0 aliphatic carbocycles. The number of carboxylic acid groups (broad SMARTS) is 1. The minimum Gasteiger partial charge on any atom is -0.480 e. The minimum absolute atomic E-state index is 0.367. The number of nitrogens with one attached hydrogen (secondary N) is 1. The lowest BCUT2D eigenvalue weighted by Crippen LogP contribution is -2.29. The standard InChI is InChI=1S/C12H14FNO2/c1-3-6-14-11(12(15)16)10-5-4-9(13)7-8(10)2/h3-5,7,11,14H,1,6H2,2H3,(H,15,16). The third kappa shape index (κ3) is 2.90. The van der Waals surface area contributed by atoms with Crippen LogP contribution in [0.2, 0.25) is 0 Å². The maximum absolute atomic E-state index is 12.9. The van der Waals surface area contributed by atoms with E-state index in [1.54, 1.807) is 13.0 Å². The van der Waals surface area contributed by atoms with E-state index in [1.165, 1.54) is 18.2 Å². The monoisotopic (exact) mass is 223 g/mol. The quantitative estimate of drug-likeness (QED) is 0.751. The lowest BCUT2D eigenvalue weighted by atomic mass is 10.0. The first-order chi connectivity index (χ1) is 7.56. The third-order valence-corrected chi connectivity index (χ3v) is 2.26. The van der Waals surface area contributed by atoms with E-state index in [4.69, 9.17) is 5.11 Å². The molecule has 2 N–H and O–H groups in total. The van der Waals surface area contributed by atoms with Gasteiger partial charge in [0.2, 0.25) is 0 Å². The Labute approximate surface area is 93.6 Å². The molecule has 0 aromatic heterocycles. The number of carbonyl (C=O) groups is 1. The molecule has 1 aromatic carbocycles. The van der Waals surface area contributed by atoms with Crippen LogP contribution in [-0.2, 0) is 4.79 Å². The van der Waals surface area contributed by atoms with E-state index in [1.807, 2.05) is 0 Å². The van der Waals surface area contributed by atoms with Crippen molar-refractivity contribution in [2.45, 2.75) is 13.0 Å². The average Bonchev–Trinajstić information content (AvgIpc) is 2.20. The maximum Gasteiger partial charge on any atom is 0.325 e. The number of rotatable bonds is 5. The van der Waals surface area contributed by atoms with Gasteiger partial charge in [-0.2, -0.15) is 0 Å². The Morgan fingerprint density at radius 3 is 2.88 bits per heavy atom. The molecule has 0 spiro atoms. The Bertz CT molecular complexity index is 404. The van der Waals surface area contributed by atoms with Crippen molar-refractivity contribution in [3.05, 3.63) is 47.8 Å². The largest absolute Gasteiger partial charge is 0.480 e. The van der Waals surface area contributed by atoms with E-state index in [-0.39, 0.29) is 5.82 Å². The van der Waals surface area contributed by atoms with Crippen LogP contribution in [0.1, 0.15) is 17.2 Å². The Balaban J connectivity index is 3.00. The van der Waals surface area contributed by atoms with Crippen LogP contribution in [0.25, 0.3) is 0 Å². The molecule has 0 aliphatic heterocycles. The van der Waals surface area contributed by atoms with Crippen molar-refractivity contribution in [1.29, 1.82) is 0 Å². The van der Waals surface area contributed by atoms with Crippen molar-refractivity contribution in [3.63, 3.8) is 0 Å². The van der Waals surface area contributed by atoms with Crippen LogP contribution in [0.5, 0.6) is 0 Å². The van der Waals surface area contributed by atoms with Gasteiger partial charge in [0.15, 0.2) is 0 Å². The zero-order valence-corrected chi connectivity index (χ0v) is 9.03. The molecule has 1 rings (SSSR count). The van der Waals surface area contributed by atoms with Crippen molar-refractivity contribution >= 4 is 5.97 Å². The topological polar surface area (TPSA) is 49.3 Å². The zero-order valence-electron chi connectivity index (χ0n) is 9.03. The summed E-state index contributed by atoms with van der Waals surface area (Å²) in [5.74, 6) is -1.36. The molecule has 0 saturated heterocycles. The Kier molecular flexibility index (Phi) is 4.19. The average molecular weight is 223 g/mol. The van der Waals surface area contributed by atoms with Gasteiger partial charge in [-0.1, -0.05) is 12.1 Å². The van der Waals surface area contributed by atoms with Crippen molar-refractivity contribution in [1.82, 2.24) is 5.32 Å². The van der Waals surface area contributed by atoms with Gasteiger partial charge >= 0.3 is 5.97 Å². The molecular weight excluding hydrogens is 209 g/mol. The fourth-order valence-electron chi connectivity index (χ4n) is 1.49. The van der Waals surface area contributed by atoms with E-state index in [0.29, 0.717) is 17.7 Å². The highest BCUT2D eigenvalue weighted by atomic mass is 19.1. The predicted octanol–water partition coefficient (Wildman–Crippen LogP) is 2.04. The van der Waals surface area contributed by atoms with E-state index in [0.717, 1.165) is 0 Å². The highest BCUT2D eigenvalue weighted by Crippen LogP contribution is 2.18. The number of halogens is 1. The van der Waals surface area contributed by atoms with E-state index < -0.39 is 12.0 Å². The second-order valence-electron chi connectivity index (χ2n) is 3.47. The molecular formula is C12H14FNO2. The summed E-state index contributed by atoms with van der Waals surface area (Å²) in [4.78, 5) is 11.1. The van der Waals surface area contributed by atoms with Crippen LogP contribution in [0.4, 0.5) is 4.39 Å². The van der Waals surface area contributed by atoms with Crippen molar-refractivity contribution < 1.29 is 14.3 Å². The summed E-state index contributed by atoms with van der Waals surface area (Å²) in [6.45, 7) is 5.57. The normalized spacial score (nSPS) is 12.1. The highest BCUT2D eigenvalue weighted by molar-refractivity contribution is 5.76. The summed E-state index contributed by atoms with van der Waals surface area (Å²) in [6, 6.07) is 3.23. The summed E-state index contributed by atoms with van der Waals surface area (Å²) < 4.78 is 12.9. The molecule has 86 valence electrons. The number of benzene rings is 1. The molecule has 16 heavy (non-hydrogen) atoms. The SMILES string of the molecule is C=CCNC(C(=O)O)c1ccc(F)cc1C. The number of hydrogen-bond donors (Lipinski definition) is 2. The summed E-state index contributed by atoms with van der Waals surface area (Å²) in [5.41, 5.74) is 1.18. The lowest BCUT2D eigenvalue weighted by Gasteiger charge is -2.15. The van der Waals surface area contributed by atoms with Crippen LogP contribution in [0.15, 0.2) is 30.9 Å². The fraction of sp³-hybridized carbons (Fsp3) is 0.250. The van der Waals surface area contributed by atoms with Gasteiger partial charge in [-0.15, -0.1) is 6.58 Å². The minimum atomic E-state index is -0.989. The predicted molar refractivity (Wildman–Crippen MR) is 59.7 cm³/mol. The first kappa shape index (κ1) is 12.4. The van der Waals surface area contributed by atoms with Crippen LogP contribution < -0.4 is 5.32 Å². The molecule has 1 unspecified atom stereocenters. The molecule has 0 bridgehead atoms. The number of aryl methyl sites for hydroxylation is 1. The second-order valence-corrected chi connectivity index (χ2v) is 3.47. The van der Waals surface area contributed by atoms with E-state index >= 15 is 0 Å². The van der Waals surface area contributed by atoms with Crippen molar-refractivity contribution in [2.24, 2.45) is 0 Å². The van der Waals surface area contributed by atoms with Crippen molar-refractivity contribution in [2.75, 3.05) is 6.54 Å². The van der Waals surface area contributed by atoms with E-state index in [2.05, 4.69) is 11.9 Å². The van der Waals surface area contributed by atoms with Gasteiger partial charge in [0.25, 0.3) is 0 Å². The molecule has 0 saturated carbocycles. The first-order valence-electron chi connectivity index (χ1n) is 4.89. The lowest BCUT2D eigenvalue weighted by molar-refractivity contribution is -0.139. The molecule has 0 fully saturated rings. The molecule has 4 heteroatoms. The Hall–Kier alpha value is -1.68. The highest BCUT2D eigenvalue weighted by Gasteiger charge is 2.20. The Morgan fingerprint density at radius 1 is 1.69 bits per heavy atom. The molecule has 1 aromatic rings. The number of carboxylic acids is 1. The number of aliphatic carboxylic acids is 1. The first-order valence-corrected chi connectivity index (χ1v) is 4.89. The molecule has 3 nitrogen and oxygen atoms in total. The summed E-state index contributed by atoms with van der Waals surface area (Å²) in [6.07, 6.45) is 1.58.